The third-order valence-electron chi connectivity index (χ3n) is 4.94. The maximum atomic E-state index is 6.89. The van der Waals surface area contributed by atoms with Gasteiger partial charge in [0.25, 0.3) is 0 Å². The van der Waals surface area contributed by atoms with Crippen LogP contribution in [0.3, 0.4) is 0 Å². The molecule has 1 saturated heterocycles. The maximum absolute atomic E-state index is 6.89. The summed E-state index contributed by atoms with van der Waals surface area (Å²) < 4.78 is 12.2. The van der Waals surface area contributed by atoms with E-state index in [1.54, 1.807) is 0 Å². The summed E-state index contributed by atoms with van der Waals surface area (Å²) in [4.78, 5) is 8.99. The Morgan fingerprint density at radius 3 is 2.13 bits per heavy atom. The molecule has 0 amide bonds. The van der Waals surface area contributed by atoms with Crippen molar-refractivity contribution in [3.63, 3.8) is 0 Å². The van der Waals surface area contributed by atoms with E-state index in [2.05, 4.69) is 44.6 Å². The molecule has 1 aromatic carbocycles. The zero-order valence-electron chi connectivity index (χ0n) is 25.2. The third-order valence-corrected chi connectivity index (χ3v) is 5.43. The number of nitrogens with zero attached hydrogens (tertiary/aromatic N) is 3. The van der Waals surface area contributed by atoms with Gasteiger partial charge in [0.05, 0.1) is 13.2 Å². The molecule has 0 saturated carbocycles. The van der Waals surface area contributed by atoms with E-state index in [4.69, 9.17) is 20.6 Å². The summed E-state index contributed by atoms with van der Waals surface area (Å²) in [5.41, 5.74) is 7.98. The lowest BCUT2D eigenvalue weighted by molar-refractivity contribution is 0.0320. The number of anilines is 2. The Morgan fingerprint density at radius 2 is 1.63 bits per heavy atom. The summed E-state index contributed by atoms with van der Waals surface area (Å²) in [6.07, 6.45) is 3.54. The minimum Gasteiger partial charge on any atom is -0.476 e. The molecule has 8 heteroatoms. The standard InChI is InChI=1S/C17H30N4O2.C7H6BrN.3C2H6/c1-3-5-21(6-4-2)15-13-16(18)19-17(14-15)23-12-9-20-7-10-22-11-8-20;8-7-3-1-2-6(4-7)5-9;3*1-2/h13-14H,3-12H2,1-2H3,(H2,18,19);1-5,9H;3*1-2H3. The number of hydrogen-bond acceptors (Lipinski definition) is 7. The van der Waals surface area contributed by atoms with Gasteiger partial charge in [0.15, 0.2) is 0 Å². The van der Waals surface area contributed by atoms with Gasteiger partial charge in [0.2, 0.25) is 5.88 Å². The zero-order chi connectivity index (χ0) is 29.2. The summed E-state index contributed by atoms with van der Waals surface area (Å²) in [5.74, 6) is 1.13. The number of ether oxygens (including phenoxy) is 2. The smallest absolute Gasteiger partial charge is 0.217 e. The molecule has 2 heterocycles. The number of nitrogens with two attached hydrogens (primary N) is 1. The molecular formula is C30H54BrN5O2. The highest BCUT2D eigenvalue weighted by Gasteiger charge is 2.12. The fourth-order valence-electron chi connectivity index (χ4n) is 3.38. The Morgan fingerprint density at radius 1 is 1.03 bits per heavy atom. The summed E-state index contributed by atoms with van der Waals surface area (Å²) in [6, 6.07) is 11.6. The van der Waals surface area contributed by atoms with Gasteiger partial charge < -0.3 is 25.5 Å². The monoisotopic (exact) mass is 595 g/mol. The van der Waals surface area contributed by atoms with Gasteiger partial charge in [-0.1, -0.05) is 83.5 Å². The number of nitrogens with one attached hydrogen (secondary N) is 1. The highest BCUT2D eigenvalue weighted by molar-refractivity contribution is 9.10. The number of rotatable bonds is 10. The predicted molar refractivity (Wildman–Crippen MR) is 170 cm³/mol. The van der Waals surface area contributed by atoms with Gasteiger partial charge >= 0.3 is 0 Å². The van der Waals surface area contributed by atoms with Crippen molar-refractivity contribution in [1.82, 2.24) is 9.88 Å². The van der Waals surface area contributed by atoms with Gasteiger partial charge in [-0.25, -0.2) is 0 Å². The first-order chi connectivity index (χ1) is 18.5. The van der Waals surface area contributed by atoms with Gasteiger partial charge in [0, 0.05) is 61.2 Å². The van der Waals surface area contributed by atoms with Gasteiger partial charge in [-0.3, -0.25) is 4.90 Å². The second-order valence-electron chi connectivity index (χ2n) is 7.58. The lowest BCUT2D eigenvalue weighted by Gasteiger charge is -2.26. The Bertz CT molecular complexity index is 811. The van der Waals surface area contributed by atoms with E-state index in [0.717, 1.165) is 74.5 Å². The van der Waals surface area contributed by atoms with Crippen molar-refractivity contribution in [3.8, 4) is 5.88 Å². The molecule has 218 valence electrons. The predicted octanol–water partition coefficient (Wildman–Crippen LogP) is 7.53. The van der Waals surface area contributed by atoms with Gasteiger partial charge in [-0.15, -0.1) is 0 Å². The maximum Gasteiger partial charge on any atom is 0.217 e. The average Bonchev–Trinajstić information content (AvgIpc) is 2.97. The summed E-state index contributed by atoms with van der Waals surface area (Å²) >= 11 is 3.30. The number of nitrogen functional groups attached to an aromatic ring is 1. The Balaban J connectivity index is 0. The molecule has 7 nitrogen and oxygen atoms in total. The van der Waals surface area contributed by atoms with Crippen LogP contribution in [-0.4, -0.2) is 68.6 Å². The van der Waals surface area contributed by atoms with Crippen molar-refractivity contribution in [2.24, 2.45) is 0 Å². The van der Waals surface area contributed by atoms with Crippen LogP contribution in [-0.2, 0) is 4.74 Å². The van der Waals surface area contributed by atoms with Crippen LogP contribution in [0.25, 0.3) is 0 Å². The van der Waals surface area contributed by atoms with E-state index in [0.29, 0.717) is 18.3 Å². The first-order valence-corrected chi connectivity index (χ1v) is 15.1. The second kappa shape index (κ2) is 26.4. The molecule has 0 bridgehead atoms. The highest BCUT2D eigenvalue weighted by atomic mass is 79.9. The fourth-order valence-corrected chi connectivity index (χ4v) is 3.80. The molecule has 0 spiro atoms. The van der Waals surface area contributed by atoms with Crippen molar-refractivity contribution in [3.05, 3.63) is 46.4 Å². The molecule has 1 aromatic heterocycles. The minimum atomic E-state index is 0.515. The number of pyridine rings is 1. The Hall–Kier alpha value is -2.16. The fraction of sp³-hybridized carbons (Fsp3) is 0.600. The van der Waals surface area contributed by atoms with Crippen LogP contribution in [0.5, 0.6) is 5.88 Å². The molecule has 1 aliphatic rings. The van der Waals surface area contributed by atoms with Crippen molar-refractivity contribution in [2.75, 3.05) is 63.2 Å². The molecule has 3 N–H and O–H groups in total. The molecule has 0 radical (unpaired) electrons. The average molecular weight is 597 g/mol. The van der Waals surface area contributed by atoms with E-state index in [1.807, 2.05) is 77.9 Å². The number of aromatic nitrogens is 1. The zero-order valence-corrected chi connectivity index (χ0v) is 26.8. The van der Waals surface area contributed by atoms with Crippen molar-refractivity contribution < 1.29 is 9.47 Å². The second-order valence-corrected chi connectivity index (χ2v) is 8.49. The third kappa shape index (κ3) is 17.4. The van der Waals surface area contributed by atoms with E-state index in [9.17, 15) is 0 Å². The molecule has 0 aliphatic carbocycles. The van der Waals surface area contributed by atoms with Crippen molar-refractivity contribution >= 4 is 33.6 Å². The van der Waals surface area contributed by atoms with Crippen LogP contribution >= 0.6 is 15.9 Å². The Labute approximate surface area is 241 Å². The first kappa shape index (κ1) is 38.0. The molecule has 2 aromatic rings. The summed E-state index contributed by atoms with van der Waals surface area (Å²) in [5, 5.41) is 6.89. The minimum absolute atomic E-state index is 0.515. The van der Waals surface area contributed by atoms with Crippen LogP contribution in [0.15, 0.2) is 40.9 Å². The summed E-state index contributed by atoms with van der Waals surface area (Å²) in [7, 11) is 0. The normalized spacial score (nSPS) is 12.0. The molecule has 1 aliphatic heterocycles. The van der Waals surface area contributed by atoms with Crippen LogP contribution < -0.4 is 15.4 Å². The van der Waals surface area contributed by atoms with Crippen LogP contribution in [0, 0.1) is 5.41 Å². The molecule has 0 unspecified atom stereocenters. The van der Waals surface area contributed by atoms with E-state index in [-0.39, 0.29) is 0 Å². The largest absolute Gasteiger partial charge is 0.476 e. The number of halogens is 1. The summed E-state index contributed by atoms with van der Waals surface area (Å²) in [6.45, 7) is 23.5. The van der Waals surface area contributed by atoms with E-state index < -0.39 is 0 Å². The lowest BCUT2D eigenvalue weighted by Crippen LogP contribution is -2.38. The van der Waals surface area contributed by atoms with Gasteiger partial charge in [-0.2, -0.15) is 4.98 Å². The van der Waals surface area contributed by atoms with Gasteiger partial charge in [-0.05, 0) is 30.5 Å². The molecule has 38 heavy (non-hydrogen) atoms. The molecule has 3 rings (SSSR count). The number of morpholine rings is 1. The van der Waals surface area contributed by atoms with Crippen molar-refractivity contribution in [1.29, 1.82) is 5.41 Å². The number of hydrogen-bond donors (Lipinski definition) is 2. The van der Waals surface area contributed by atoms with Crippen molar-refractivity contribution in [2.45, 2.75) is 68.2 Å². The topological polar surface area (TPSA) is 87.7 Å². The van der Waals surface area contributed by atoms with Crippen LogP contribution in [0.1, 0.15) is 73.8 Å². The molecular weight excluding hydrogens is 542 g/mol. The first-order valence-electron chi connectivity index (χ1n) is 14.3. The lowest BCUT2D eigenvalue weighted by atomic mass is 10.2. The SMILES string of the molecule is CC.CC.CC.CCCN(CCC)c1cc(N)nc(OCCN2CCOCC2)c1.N=Cc1cccc(Br)c1. The number of benzene rings is 1. The Kier molecular flexibility index (Phi) is 26.4. The van der Waals surface area contributed by atoms with Crippen LogP contribution in [0.4, 0.5) is 11.5 Å². The molecule has 1 fully saturated rings. The molecule has 0 atom stereocenters. The van der Waals surface area contributed by atoms with E-state index in [1.165, 1.54) is 6.21 Å². The van der Waals surface area contributed by atoms with Gasteiger partial charge in [0.1, 0.15) is 12.4 Å². The van der Waals surface area contributed by atoms with Crippen LogP contribution in [0.2, 0.25) is 0 Å². The quantitative estimate of drug-likeness (QED) is 0.276. The van der Waals surface area contributed by atoms with E-state index >= 15 is 0 Å². The highest BCUT2D eigenvalue weighted by Crippen LogP contribution is 2.23.